The first-order valence-electron chi connectivity index (χ1n) is 5.82. The number of ether oxygens (including phenoxy) is 1. The third kappa shape index (κ3) is 6.35. The molecule has 7 nitrogen and oxygen atoms in total. The Morgan fingerprint density at radius 3 is 2.45 bits per heavy atom. The standard InChI is InChI=1S/C10H20F2N4O3S/c11-7(12)10(15,8(17)18)4-6(5-16-9(13)14)19-2-1-3-20/h6-7,20H,1-5,15H2,(H,17,18)(H4,13,14,16). The van der Waals surface area contributed by atoms with E-state index in [9.17, 15) is 13.6 Å². The van der Waals surface area contributed by atoms with Crippen molar-refractivity contribution in [3.05, 3.63) is 0 Å². The molecule has 7 N–H and O–H groups in total. The van der Waals surface area contributed by atoms with E-state index in [0.717, 1.165) is 0 Å². The topological polar surface area (TPSA) is 137 Å². The fourth-order valence-corrected chi connectivity index (χ4v) is 1.47. The molecule has 0 bridgehead atoms. The summed E-state index contributed by atoms with van der Waals surface area (Å²) in [7, 11) is 0. The monoisotopic (exact) mass is 314 g/mol. The van der Waals surface area contributed by atoms with Gasteiger partial charge in [0.25, 0.3) is 6.43 Å². The van der Waals surface area contributed by atoms with Gasteiger partial charge in [-0.05, 0) is 12.2 Å². The van der Waals surface area contributed by atoms with Crippen LogP contribution in [-0.2, 0) is 9.53 Å². The number of hydrogen-bond acceptors (Lipinski definition) is 5. The van der Waals surface area contributed by atoms with Crippen molar-refractivity contribution in [3.8, 4) is 0 Å². The van der Waals surface area contributed by atoms with Gasteiger partial charge in [-0.3, -0.25) is 4.99 Å². The van der Waals surface area contributed by atoms with Gasteiger partial charge in [0, 0.05) is 13.0 Å². The van der Waals surface area contributed by atoms with Crippen molar-refractivity contribution in [2.24, 2.45) is 22.2 Å². The van der Waals surface area contributed by atoms with Gasteiger partial charge < -0.3 is 27.0 Å². The first-order valence-corrected chi connectivity index (χ1v) is 6.45. The lowest BCUT2D eigenvalue weighted by atomic mass is 9.93. The molecule has 0 spiro atoms. The molecule has 0 aliphatic carbocycles. The quantitative estimate of drug-likeness (QED) is 0.158. The number of nitrogens with two attached hydrogens (primary N) is 3. The van der Waals surface area contributed by atoms with Gasteiger partial charge >= 0.3 is 5.97 Å². The third-order valence-corrected chi connectivity index (χ3v) is 2.80. The minimum absolute atomic E-state index is 0.145. The average Bonchev–Trinajstić information content (AvgIpc) is 2.35. The first-order chi connectivity index (χ1) is 9.24. The van der Waals surface area contributed by atoms with Crippen molar-refractivity contribution in [1.82, 2.24) is 0 Å². The van der Waals surface area contributed by atoms with Crippen LogP contribution in [0.4, 0.5) is 8.78 Å². The highest BCUT2D eigenvalue weighted by Crippen LogP contribution is 2.21. The van der Waals surface area contributed by atoms with Crippen molar-refractivity contribution >= 4 is 24.6 Å². The number of guanidine groups is 1. The second kappa shape index (κ2) is 8.93. The normalized spacial score (nSPS) is 15.7. The number of aliphatic imine (C=N–C) groups is 1. The predicted molar refractivity (Wildman–Crippen MR) is 74.1 cm³/mol. The Kier molecular flexibility index (Phi) is 8.42. The molecule has 2 atom stereocenters. The molecule has 0 radical (unpaired) electrons. The van der Waals surface area contributed by atoms with Crippen molar-refractivity contribution in [2.45, 2.75) is 30.9 Å². The number of carboxylic acids is 1. The van der Waals surface area contributed by atoms with Crippen molar-refractivity contribution < 1.29 is 23.4 Å². The number of carbonyl (C=O) groups is 1. The maximum Gasteiger partial charge on any atom is 0.329 e. The highest BCUT2D eigenvalue weighted by Gasteiger charge is 2.45. The Hall–Kier alpha value is -1.13. The van der Waals surface area contributed by atoms with Crippen LogP contribution in [0.5, 0.6) is 0 Å². The Bertz CT molecular complexity index is 342. The summed E-state index contributed by atoms with van der Waals surface area (Å²) >= 11 is 3.97. The van der Waals surface area contributed by atoms with Gasteiger partial charge in [-0.2, -0.15) is 12.6 Å². The average molecular weight is 314 g/mol. The zero-order chi connectivity index (χ0) is 15.8. The van der Waals surface area contributed by atoms with Gasteiger partial charge in [0.1, 0.15) is 0 Å². The smallest absolute Gasteiger partial charge is 0.329 e. The number of halogens is 2. The summed E-state index contributed by atoms with van der Waals surface area (Å²) in [5, 5.41) is 8.84. The molecule has 0 rings (SSSR count). The van der Waals surface area contributed by atoms with Gasteiger partial charge in [-0.1, -0.05) is 0 Å². The highest BCUT2D eigenvalue weighted by atomic mass is 32.1. The van der Waals surface area contributed by atoms with Gasteiger partial charge in [0.05, 0.1) is 12.6 Å². The fourth-order valence-electron chi connectivity index (χ4n) is 1.34. The van der Waals surface area contributed by atoms with Crippen LogP contribution in [0.25, 0.3) is 0 Å². The molecule has 0 aromatic heterocycles. The van der Waals surface area contributed by atoms with E-state index in [1.54, 1.807) is 0 Å². The van der Waals surface area contributed by atoms with E-state index in [-0.39, 0.29) is 19.1 Å². The van der Waals surface area contributed by atoms with E-state index in [2.05, 4.69) is 17.6 Å². The van der Waals surface area contributed by atoms with Gasteiger partial charge in [0.2, 0.25) is 0 Å². The van der Waals surface area contributed by atoms with E-state index in [1.807, 2.05) is 0 Å². The summed E-state index contributed by atoms with van der Waals surface area (Å²) in [6, 6.07) is 0. The van der Waals surface area contributed by atoms with Gasteiger partial charge in [-0.25, -0.2) is 13.6 Å². The predicted octanol–water partition coefficient (Wildman–Crippen LogP) is -0.598. The zero-order valence-corrected chi connectivity index (χ0v) is 11.7. The van der Waals surface area contributed by atoms with Crippen LogP contribution < -0.4 is 17.2 Å². The molecule has 118 valence electrons. The largest absolute Gasteiger partial charge is 0.480 e. The molecule has 2 unspecified atom stereocenters. The summed E-state index contributed by atoms with van der Waals surface area (Å²) in [6.45, 7) is 0.0704. The van der Waals surface area contributed by atoms with E-state index < -0.39 is 30.5 Å². The van der Waals surface area contributed by atoms with Crippen LogP contribution in [0.3, 0.4) is 0 Å². The molecule has 20 heavy (non-hydrogen) atoms. The SMILES string of the molecule is NC(N)=NCC(CC(N)(C(=O)O)C(F)F)OCCCS. The minimum atomic E-state index is -3.24. The molecule has 0 heterocycles. The molecule has 0 aromatic rings. The molecule has 0 aliphatic heterocycles. The summed E-state index contributed by atoms with van der Waals surface area (Å²) in [6.07, 6.45) is -4.20. The maximum absolute atomic E-state index is 12.8. The Labute approximate surface area is 120 Å². The zero-order valence-electron chi connectivity index (χ0n) is 10.8. The van der Waals surface area contributed by atoms with Crippen LogP contribution >= 0.6 is 12.6 Å². The summed E-state index contributed by atoms with van der Waals surface area (Å²) < 4.78 is 30.9. The molecule has 0 aromatic carbocycles. The van der Waals surface area contributed by atoms with E-state index >= 15 is 0 Å². The van der Waals surface area contributed by atoms with Crippen LogP contribution in [0, 0.1) is 0 Å². The second-order valence-corrected chi connectivity index (χ2v) is 4.63. The first kappa shape index (κ1) is 18.9. The Balaban J connectivity index is 4.82. The molecule has 0 fully saturated rings. The van der Waals surface area contributed by atoms with Crippen LogP contribution in [0.1, 0.15) is 12.8 Å². The number of hydrogen-bond donors (Lipinski definition) is 5. The fraction of sp³-hybridized carbons (Fsp3) is 0.800. The number of alkyl halides is 2. The van der Waals surface area contributed by atoms with Crippen molar-refractivity contribution in [3.63, 3.8) is 0 Å². The number of rotatable bonds is 10. The number of nitrogens with zero attached hydrogens (tertiary/aromatic N) is 1. The minimum Gasteiger partial charge on any atom is -0.480 e. The summed E-state index contributed by atoms with van der Waals surface area (Å²) in [5.41, 5.74) is 12.8. The summed E-state index contributed by atoms with van der Waals surface area (Å²) in [5.74, 6) is -1.51. The van der Waals surface area contributed by atoms with Crippen LogP contribution in [-0.4, -0.2) is 54.0 Å². The van der Waals surface area contributed by atoms with Gasteiger partial charge in [-0.15, -0.1) is 0 Å². The Morgan fingerprint density at radius 1 is 1.45 bits per heavy atom. The number of carboxylic acid groups (broad SMARTS) is 1. The molecule has 0 aliphatic rings. The molecule has 0 saturated carbocycles. The molecular formula is C10H20F2N4O3S. The molecule has 0 amide bonds. The molecular weight excluding hydrogens is 294 g/mol. The number of aliphatic carboxylic acids is 1. The highest BCUT2D eigenvalue weighted by molar-refractivity contribution is 7.80. The Morgan fingerprint density at radius 2 is 2.05 bits per heavy atom. The van der Waals surface area contributed by atoms with Crippen molar-refractivity contribution in [1.29, 1.82) is 0 Å². The van der Waals surface area contributed by atoms with Crippen molar-refractivity contribution in [2.75, 3.05) is 18.9 Å². The molecule has 0 saturated heterocycles. The second-order valence-electron chi connectivity index (χ2n) is 4.19. The molecule has 10 heteroatoms. The maximum atomic E-state index is 12.8. The van der Waals surface area contributed by atoms with E-state index in [0.29, 0.717) is 12.2 Å². The van der Waals surface area contributed by atoms with Crippen LogP contribution in [0.2, 0.25) is 0 Å². The lowest BCUT2D eigenvalue weighted by Crippen LogP contribution is -2.56. The van der Waals surface area contributed by atoms with Gasteiger partial charge in [0.15, 0.2) is 11.5 Å². The lowest BCUT2D eigenvalue weighted by molar-refractivity contribution is -0.152. The van der Waals surface area contributed by atoms with Crippen LogP contribution in [0.15, 0.2) is 4.99 Å². The summed E-state index contributed by atoms with van der Waals surface area (Å²) in [4.78, 5) is 14.5. The van der Waals surface area contributed by atoms with E-state index in [4.69, 9.17) is 27.0 Å². The van der Waals surface area contributed by atoms with E-state index in [1.165, 1.54) is 0 Å². The third-order valence-electron chi connectivity index (χ3n) is 2.49. The number of thiol groups is 1. The lowest BCUT2D eigenvalue weighted by Gasteiger charge is -2.28.